The number of nitrogens with zero attached hydrogens (tertiary/aromatic N) is 1. The number of amides is 2. The zero-order chi connectivity index (χ0) is 11.8. The third-order valence-corrected chi connectivity index (χ3v) is 2.93. The highest BCUT2D eigenvalue weighted by atomic mass is 35.5. The van der Waals surface area contributed by atoms with Crippen molar-refractivity contribution in [2.45, 2.75) is 26.2 Å². The van der Waals surface area contributed by atoms with Gasteiger partial charge in [-0.2, -0.15) is 0 Å². The molecule has 1 unspecified atom stereocenters. The molecule has 0 radical (unpaired) electrons. The van der Waals surface area contributed by atoms with Gasteiger partial charge in [0.25, 0.3) is 0 Å². The van der Waals surface area contributed by atoms with E-state index in [9.17, 15) is 9.59 Å². The molecule has 1 N–H and O–H groups in total. The van der Waals surface area contributed by atoms with Crippen molar-refractivity contribution < 1.29 is 9.59 Å². The monoisotopic (exact) mass is 290 g/mol. The topological polar surface area (TPSA) is 59.1 Å². The molecule has 100 valence electrons. The molecule has 1 saturated heterocycles. The molecule has 2 rings (SSSR count). The lowest BCUT2D eigenvalue weighted by Gasteiger charge is -2.32. The maximum absolute atomic E-state index is 11.7. The fourth-order valence-corrected chi connectivity index (χ4v) is 1.88. The molecule has 1 aliphatic heterocycles. The van der Waals surface area contributed by atoms with Crippen molar-refractivity contribution in [2.24, 2.45) is 5.41 Å². The number of hydrogen-bond donors (Lipinski definition) is 1. The van der Waals surface area contributed by atoms with E-state index in [-0.39, 0.29) is 42.5 Å². The van der Waals surface area contributed by atoms with Crippen LogP contribution >= 0.6 is 24.8 Å². The summed E-state index contributed by atoms with van der Waals surface area (Å²) in [6, 6.07) is 5.47. The minimum absolute atomic E-state index is 0. The van der Waals surface area contributed by atoms with Crippen LogP contribution in [-0.4, -0.2) is 16.8 Å². The molecule has 2 heterocycles. The predicted molar refractivity (Wildman–Crippen MR) is 73.0 cm³/mol. The minimum atomic E-state index is -0.518. The molecule has 0 aliphatic carbocycles. The Morgan fingerprint density at radius 3 is 2.50 bits per heavy atom. The minimum Gasteiger partial charge on any atom is -0.295 e. The number of pyridine rings is 1. The molecule has 0 saturated carbocycles. The molecule has 1 fully saturated rings. The van der Waals surface area contributed by atoms with Crippen molar-refractivity contribution in [1.29, 1.82) is 0 Å². The highest BCUT2D eigenvalue weighted by Crippen LogP contribution is 2.34. The van der Waals surface area contributed by atoms with Gasteiger partial charge in [-0.3, -0.25) is 19.9 Å². The quantitative estimate of drug-likeness (QED) is 0.806. The summed E-state index contributed by atoms with van der Waals surface area (Å²) in [4.78, 5) is 27.4. The van der Waals surface area contributed by atoms with Gasteiger partial charge < -0.3 is 0 Å². The maximum atomic E-state index is 11.7. The van der Waals surface area contributed by atoms with Crippen LogP contribution in [-0.2, 0) is 9.59 Å². The molecule has 6 heteroatoms. The van der Waals surface area contributed by atoms with E-state index in [0.29, 0.717) is 6.42 Å². The smallest absolute Gasteiger partial charge is 0.235 e. The van der Waals surface area contributed by atoms with Crippen LogP contribution in [0.25, 0.3) is 0 Å². The van der Waals surface area contributed by atoms with Crippen LogP contribution in [0, 0.1) is 5.41 Å². The van der Waals surface area contributed by atoms with Crippen molar-refractivity contribution in [3.63, 3.8) is 0 Å². The summed E-state index contributed by atoms with van der Waals surface area (Å²) in [6.07, 6.45) is 2.17. The summed E-state index contributed by atoms with van der Waals surface area (Å²) in [5, 5.41) is 2.40. The van der Waals surface area contributed by atoms with Crippen LogP contribution in [0.15, 0.2) is 24.4 Å². The van der Waals surface area contributed by atoms with Crippen LogP contribution < -0.4 is 5.32 Å². The first kappa shape index (κ1) is 16.9. The summed E-state index contributed by atoms with van der Waals surface area (Å²) in [7, 11) is 0. The Bertz CT molecular complexity index is 435. The van der Waals surface area contributed by atoms with E-state index >= 15 is 0 Å². The third kappa shape index (κ3) is 3.21. The normalized spacial score (nSPS) is 21.3. The lowest BCUT2D eigenvalue weighted by molar-refractivity contribution is -0.141. The first-order valence-electron chi connectivity index (χ1n) is 5.27. The maximum Gasteiger partial charge on any atom is 0.235 e. The number of aromatic nitrogens is 1. The van der Waals surface area contributed by atoms with Crippen molar-refractivity contribution >= 4 is 36.6 Å². The average molecular weight is 291 g/mol. The van der Waals surface area contributed by atoms with E-state index in [1.807, 2.05) is 26.0 Å². The van der Waals surface area contributed by atoms with E-state index in [1.165, 1.54) is 0 Å². The second kappa shape index (κ2) is 6.16. The number of imide groups is 1. The molecule has 1 atom stereocenters. The fourth-order valence-electron chi connectivity index (χ4n) is 1.88. The lowest BCUT2D eigenvalue weighted by Crippen LogP contribution is -2.49. The van der Waals surface area contributed by atoms with Gasteiger partial charge in [-0.15, -0.1) is 24.8 Å². The highest BCUT2D eigenvalue weighted by molar-refractivity contribution is 6.03. The number of carbonyl (C=O) groups is 2. The molecule has 1 aromatic rings. The fraction of sp³-hybridized carbons (Fsp3) is 0.417. The predicted octanol–water partition coefficient (Wildman–Crippen LogP) is 2.08. The Morgan fingerprint density at radius 1 is 1.28 bits per heavy atom. The lowest BCUT2D eigenvalue weighted by atomic mass is 9.77. The summed E-state index contributed by atoms with van der Waals surface area (Å²) in [5.41, 5.74) is 0.205. The van der Waals surface area contributed by atoms with Gasteiger partial charge >= 0.3 is 0 Å². The molecule has 0 aromatic carbocycles. The Balaban J connectivity index is 0.00000144. The molecule has 0 spiro atoms. The molecule has 18 heavy (non-hydrogen) atoms. The van der Waals surface area contributed by atoms with Crippen LogP contribution in [0.1, 0.15) is 31.9 Å². The molecule has 1 aliphatic rings. The molecule has 4 nitrogen and oxygen atoms in total. The van der Waals surface area contributed by atoms with Crippen LogP contribution in [0.3, 0.4) is 0 Å². The van der Waals surface area contributed by atoms with Gasteiger partial charge in [0.1, 0.15) is 0 Å². The van der Waals surface area contributed by atoms with Gasteiger partial charge in [-0.1, -0.05) is 19.9 Å². The van der Waals surface area contributed by atoms with Crippen molar-refractivity contribution in [1.82, 2.24) is 10.3 Å². The second-order valence-electron chi connectivity index (χ2n) is 4.71. The average Bonchev–Trinajstić information content (AvgIpc) is 2.25. The Morgan fingerprint density at radius 2 is 1.94 bits per heavy atom. The Kier molecular flexibility index (Phi) is 5.77. The zero-order valence-electron chi connectivity index (χ0n) is 10.2. The summed E-state index contributed by atoms with van der Waals surface area (Å²) in [6.45, 7) is 3.68. The summed E-state index contributed by atoms with van der Waals surface area (Å²) in [5.74, 6) is -0.776. The van der Waals surface area contributed by atoms with Gasteiger partial charge in [0.2, 0.25) is 11.8 Å². The summed E-state index contributed by atoms with van der Waals surface area (Å²) < 4.78 is 0. The SMILES string of the molecule is CC1(C)CC(c2ccccn2)C(=O)NC1=O.Cl.Cl. The number of piperidine rings is 1. The van der Waals surface area contributed by atoms with Crippen LogP contribution in [0.2, 0.25) is 0 Å². The Labute approximate surface area is 118 Å². The van der Waals surface area contributed by atoms with E-state index in [2.05, 4.69) is 10.3 Å². The number of rotatable bonds is 1. The second-order valence-corrected chi connectivity index (χ2v) is 4.71. The van der Waals surface area contributed by atoms with Gasteiger partial charge in [0, 0.05) is 11.6 Å². The Hall–Kier alpha value is -1.13. The molecular weight excluding hydrogens is 275 g/mol. The van der Waals surface area contributed by atoms with Crippen molar-refractivity contribution in [2.75, 3.05) is 0 Å². The number of halogens is 2. The van der Waals surface area contributed by atoms with Gasteiger partial charge in [-0.25, -0.2) is 0 Å². The standard InChI is InChI=1S/C12H14N2O2.2ClH/c1-12(2)7-8(10(15)14-11(12)16)9-5-3-4-6-13-9;;/h3-6,8H,7H2,1-2H3,(H,14,15,16);2*1H. The van der Waals surface area contributed by atoms with Crippen molar-refractivity contribution in [3.8, 4) is 0 Å². The number of nitrogens with one attached hydrogen (secondary N) is 1. The van der Waals surface area contributed by atoms with Gasteiger partial charge in [0.15, 0.2) is 0 Å². The molecule has 1 aromatic heterocycles. The van der Waals surface area contributed by atoms with Crippen LogP contribution in [0.4, 0.5) is 0 Å². The third-order valence-electron chi connectivity index (χ3n) is 2.93. The first-order chi connectivity index (χ1) is 7.50. The van der Waals surface area contributed by atoms with E-state index in [1.54, 1.807) is 12.3 Å². The zero-order valence-corrected chi connectivity index (χ0v) is 11.8. The summed E-state index contributed by atoms with van der Waals surface area (Å²) >= 11 is 0. The molecular formula is C12H16Cl2N2O2. The van der Waals surface area contributed by atoms with Gasteiger partial charge in [-0.05, 0) is 18.6 Å². The van der Waals surface area contributed by atoms with Crippen LogP contribution in [0.5, 0.6) is 0 Å². The van der Waals surface area contributed by atoms with E-state index in [0.717, 1.165) is 5.69 Å². The molecule has 2 amide bonds. The number of carbonyl (C=O) groups excluding carboxylic acids is 2. The van der Waals surface area contributed by atoms with Crippen molar-refractivity contribution in [3.05, 3.63) is 30.1 Å². The largest absolute Gasteiger partial charge is 0.295 e. The van der Waals surface area contributed by atoms with E-state index in [4.69, 9.17) is 0 Å². The van der Waals surface area contributed by atoms with E-state index < -0.39 is 5.41 Å². The first-order valence-corrected chi connectivity index (χ1v) is 5.27. The van der Waals surface area contributed by atoms with Gasteiger partial charge in [0.05, 0.1) is 11.6 Å². The number of hydrogen-bond acceptors (Lipinski definition) is 3. The highest BCUT2D eigenvalue weighted by Gasteiger charge is 2.41. The molecule has 0 bridgehead atoms.